The Kier molecular flexibility index (Phi) is 7.36. The van der Waals surface area contributed by atoms with Gasteiger partial charge in [-0.15, -0.1) is 0 Å². The first kappa shape index (κ1) is 22.1. The van der Waals surface area contributed by atoms with Gasteiger partial charge in [-0.25, -0.2) is 15.0 Å². The predicted molar refractivity (Wildman–Crippen MR) is 127 cm³/mol. The average molecular weight is 402 g/mol. The minimum Gasteiger partial charge on any atom is -0.213 e. The van der Waals surface area contributed by atoms with E-state index >= 15 is 0 Å². The van der Waals surface area contributed by atoms with E-state index in [0.717, 1.165) is 35.0 Å². The van der Waals surface area contributed by atoms with E-state index in [2.05, 4.69) is 77.9 Å². The van der Waals surface area contributed by atoms with Gasteiger partial charge in [-0.3, -0.25) is 0 Å². The number of unbranched alkanes of at least 4 members (excludes halogenated alkanes) is 3. The standard InChI is InChI=1S/C27H35N3/c1-7-8-9-10-11-20(4)25-28-26(23-14-12-18(2)16-21(23)5)30-27(29-25)24-15-13-19(3)17-22(24)6/h12-17,20H,7-11H2,1-6H3. The molecule has 1 unspecified atom stereocenters. The molecule has 3 rings (SSSR count). The third kappa shape index (κ3) is 5.33. The van der Waals surface area contributed by atoms with Crippen molar-refractivity contribution in [1.82, 2.24) is 15.0 Å². The number of hydrogen-bond donors (Lipinski definition) is 0. The molecule has 3 aromatic rings. The number of nitrogens with zero attached hydrogens (tertiary/aromatic N) is 3. The third-order valence-corrected chi connectivity index (χ3v) is 5.83. The van der Waals surface area contributed by atoms with E-state index in [-0.39, 0.29) is 0 Å². The highest BCUT2D eigenvalue weighted by Gasteiger charge is 2.17. The first-order valence-corrected chi connectivity index (χ1v) is 11.3. The lowest BCUT2D eigenvalue weighted by molar-refractivity contribution is 0.561. The number of rotatable bonds is 8. The van der Waals surface area contributed by atoms with Gasteiger partial charge in [0.1, 0.15) is 5.82 Å². The molecule has 1 atom stereocenters. The third-order valence-electron chi connectivity index (χ3n) is 5.83. The molecule has 3 nitrogen and oxygen atoms in total. The summed E-state index contributed by atoms with van der Waals surface area (Å²) in [4.78, 5) is 14.8. The molecule has 1 aromatic heterocycles. The number of benzene rings is 2. The van der Waals surface area contributed by atoms with Gasteiger partial charge in [0.15, 0.2) is 11.6 Å². The van der Waals surface area contributed by atoms with E-state index in [1.54, 1.807) is 0 Å². The summed E-state index contributed by atoms with van der Waals surface area (Å²) < 4.78 is 0. The Morgan fingerprint density at radius 1 is 0.700 bits per heavy atom. The Hall–Kier alpha value is -2.55. The van der Waals surface area contributed by atoms with Gasteiger partial charge >= 0.3 is 0 Å². The molecule has 1 heterocycles. The van der Waals surface area contributed by atoms with Gasteiger partial charge in [-0.05, 0) is 45.2 Å². The molecule has 0 amide bonds. The Bertz CT molecular complexity index is 937. The average Bonchev–Trinajstić information content (AvgIpc) is 2.70. The van der Waals surface area contributed by atoms with Crippen molar-refractivity contribution < 1.29 is 0 Å². The fourth-order valence-corrected chi connectivity index (χ4v) is 3.99. The van der Waals surface area contributed by atoms with Crippen LogP contribution in [0.4, 0.5) is 0 Å². The van der Waals surface area contributed by atoms with Crippen molar-refractivity contribution in [3.8, 4) is 22.8 Å². The van der Waals surface area contributed by atoms with Crippen LogP contribution in [-0.4, -0.2) is 15.0 Å². The van der Waals surface area contributed by atoms with Crippen molar-refractivity contribution in [2.24, 2.45) is 0 Å². The van der Waals surface area contributed by atoms with Crippen molar-refractivity contribution in [3.63, 3.8) is 0 Å². The summed E-state index contributed by atoms with van der Waals surface area (Å²) in [5.74, 6) is 2.80. The molecule has 30 heavy (non-hydrogen) atoms. The van der Waals surface area contributed by atoms with Crippen LogP contribution in [0.5, 0.6) is 0 Å². The molecular formula is C27H35N3. The zero-order chi connectivity index (χ0) is 21.7. The van der Waals surface area contributed by atoms with Crippen molar-refractivity contribution in [2.45, 2.75) is 79.6 Å². The molecule has 0 saturated heterocycles. The molecule has 0 radical (unpaired) electrons. The number of aryl methyl sites for hydroxylation is 4. The SMILES string of the molecule is CCCCCCC(C)c1nc(-c2ccc(C)cc2C)nc(-c2ccc(C)cc2C)n1. The maximum Gasteiger partial charge on any atom is 0.163 e. The summed E-state index contributed by atoms with van der Waals surface area (Å²) in [5, 5.41) is 0. The van der Waals surface area contributed by atoms with Crippen LogP contribution < -0.4 is 0 Å². The van der Waals surface area contributed by atoms with E-state index in [1.807, 2.05) is 0 Å². The van der Waals surface area contributed by atoms with Crippen LogP contribution in [0.2, 0.25) is 0 Å². The highest BCUT2D eigenvalue weighted by Crippen LogP contribution is 2.29. The Morgan fingerprint density at radius 2 is 1.23 bits per heavy atom. The van der Waals surface area contributed by atoms with Crippen LogP contribution in [0.3, 0.4) is 0 Å². The molecule has 0 aliphatic heterocycles. The van der Waals surface area contributed by atoms with Crippen molar-refractivity contribution >= 4 is 0 Å². The molecule has 0 N–H and O–H groups in total. The van der Waals surface area contributed by atoms with E-state index in [4.69, 9.17) is 15.0 Å². The van der Waals surface area contributed by atoms with Crippen LogP contribution in [0, 0.1) is 27.7 Å². The van der Waals surface area contributed by atoms with Crippen LogP contribution in [0.1, 0.15) is 79.9 Å². The summed E-state index contributed by atoms with van der Waals surface area (Å²) in [6, 6.07) is 12.9. The van der Waals surface area contributed by atoms with Gasteiger partial charge in [0.2, 0.25) is 0 Å². The quantitative estimate of drug-likeness (QED) is 0.366. The molecule has 0 bridgehead atoms. The van der Waals surface area contributed by atoms with Gasteiger partial charge in [-0.2, -0.15) is 0 Å². The maximum absolute atomic E-state index is 4.94. The highest BCUT2D eigenvalue weighted by atomic mass is 15.0. The zero-order valence-electron chi connectivity index (χ0n) is 19.4. The fraction of sp³-hybridized carbons (Fsp3) is 0.444. The molecule has 0 aliphatic carbocycles. The number of aromatic nitrogens is 3. The second kappa shape index (κ2) is 9.97. The van der Waals surface area contributed by atoms with Crippen molar-refractivity contribution in [2.75, 3.05) is 0 Å². The lowest BCUT2D eigenvalue weighted by Gasteiger charge is -2.15. The molecular weight excluding hydrogens is 366 g/mol. The minimum atomic E-state index is 0.318. The van der Waals surface area contributed by atoms with E-state index < -0.39 is 0 Å². The second-order valence-corrected chi connectivity index (χ2v) is 8.73. The first-order chi connectivity index (χ1) is 14.4. The maximum atomic E-state index is 4.94. The van der Waals surface area contributed by atoms with Crippen LogP contribution in [-0.2, 0) is 0 Å². The monoisotopic (exact) mass is 401 g/mol. The summed E-state index contributed by atoms with van der Waals surface area (Å²) in [6.45, 7) is 13.0. The van der Waals surface area contributed by atoms with Gasteiger partial charge in [0, 0.05) is 17.0 Å². The van der Waals surface area contributed by atoms with Gasteiger partial charge < -0.3 is 0 Å². The summed E-state index contributed by atoms with van der Waals surface area (Å²) in [5.41, 5.74) is 7.10. The molecule has 0 saturated carbocycles. The largest absolute Gasteiger partial charge is 0.213 e. The Labute approximate surface area is 182 Å². The highest BCUT2D eigenvalue weighted by molar-refractivity contribution is 5.66. The molecule has 2 aromatic carbocycles. The molecule has 0 spiro atoms. The molecule has 0 aliphatic rings. The van der Waals surface area contributed by atoms with Gasteiger partial charge in [-0.1, -0.05) is 87.1 Å². The smallest absolute Gasteiger partial charge is 0.163 e. The van der Waals surface area contributed by atoms with E-state index in [0.29, 0.717) is 5.92 Å². The van der Waals surface area contributed by atoms with E-state index in [1.165, 1.54) is 47.9 Å². The van der Waals surface area contributed by atoms with E-state index in [9.17, 15) is 0 Å². The zero-order valence-corrected chi connectivity index (χ0v) is 19.4. The van der Waals surface area contributed by atoms with Crippen LogP contribution >= 0.6 is 0 Å². The lowest BCUT2D eigenvalue weighted by Crippen LogP contribution is -2.07. The minimum absolute atomic E-state index is 0.318. The Morgan fingerprint density at radius 3 is 1.70 bits per heavy atom. The normalized spacial score (nSPS) is 12.2. The van der Waals surface area contributed by atoms with Crippen molar-refractivity contribution in [3.05, 3.63) is 64.5 Å². The second-order valence-electron chi connectivity index (χ2n) is 8.73. The summed E-state index contributed by atoms with van der Waals surface area (Å²) in [6.07, 6.45) is 6.17. The molecule has 0 fully saturated rings. The summed E-state index contributed by atoms with van der Waals surface area (Å²) in [7, 11) is 0. The predicted octanol–water partition coefficient (Wildman–Crippen LogP) is 7.51. The lowest BCUT2D eigenvalue weighted by atomic mass is 10.0. The fourth-order valence-electron chi connectivity index (χ4n) is 3.99. The number of hydrogen-bond acceptors (Lipinski definition) is 3. The van der Waals surface area contributed by atoms with Crippen molar-refractivity contribution in [1.29, 1.82) is 0 Å². The van der Waals surface area contributed by atoms with Gasteiger partial charge in [0.05, 0.1) is 0 Å². The first-order valence-electron chi connectivity index (χ1n) is 11.3. The van der Waals surface area contributed by atoms with Crippen LogP contribution in [0.25, 0.3) is 22.8 Å². The van der Waals surface area contributed by atoms with Crippen LogP contribution in [0.15, 0.2) is 36.4 Å². The van der Waals surface area contributed by atoms with Gasteiger partial charge in [0.25, 0.3) is 0 Å². The summed E-state index contributed by atoms with van der Waals surface area (Å²) >= 11 is 0. The Balaban J connectivity index is 2.05. The molecule has 3 heteroatoms. The topological polar surface area (TPSA) is 38.7 Å². The molecule has 158 valence electrons.